The fourth-order valence-corrected chi connectivity index (χ4v) is 2.78. The van der Waals surface area contributed by atoms with Crippen LogP contribution in [0.25, 0.3) is 11.3 Å². The van der Waals surface area contributed by atoms with Crippen LogP contribution < -0.4 is 10.1 Å². The van der Waals surface area contributed by atoms with Crippen LogP contribution in [0, 0.1) is 6.92 Å². The van der Waals surface area contributed by atoms with Crippen molar-refractivity contribution in [3.8, 4) is 17.0 Å². The highest BCUT2D eigenvalue weighted by Gasteiger charge is 2.11. The maximum atomic E-state index is 11.3. The van der Waals surface area contributed by atoms with Gasteiger partial charge in [0.2, 0.25) is 0 Å². The van der Waals surface area contributed by atoms with Crippen LogP contribution >= 0.6 is 0 Å². The van der Waals surface area contributed by atoms with Crippen molar-refractivity contribution in [2.24, 2.45) is 0 Å². The largest absolute Gasteiger partial charge is 0.494 e. The Morgan fingerprint density at radius 2 is 1.96 bits per heavy atom. The fraction of sp³-hybridized carbons (Fsp3) is 0.143. The summed E-state index contributed by atoms with van der Waals surface area (Å²) in [5.74, 6) is -0.161. The molecule has 0 fully saturated rings. The Balaban J connectivity index is 1.89. The van der Waals surface area contributed by atoms with Gasteiger partial charge in [0.1, 0.15) is 5.75 Å². The van der Waals surface area contributed by atoms with Crippen molar-refractivity contribution >= 4 is 17.3 Å². The molecule has 0 aliphatic carbocycles. The van der Waals surface area contributed by atoms with Crippen molar-refractivity contribution in [1.82, 2.24) is 4.98 Å². The molecule has 0 unspecified atom stereocenters. The molecule has 26 heavy (non-hydrogen) atoms. The predicted molar refractivity (Wildman–Crippen MR) is 102 cm³/mol. The molecule has 0 aliphatic heterocycles. The number of ether oxygens (including phenoxy) is 1. The molecule has 0 spiro atoms. The van der Waals surface area contributed by atoms with E-state index in [1.165, 1.54) is 0 Å². The van der Waals surface area contributed by atoms with Crippen LogP contribution in [-0.4, -0.2) is 22.7 Å². The van der Waals surface area contributed by atoms with E-state index < -0.39 is 5.97 Å². The Morgan fingerprint density at radius 1 is 1.15 bits per heavy atom. The van der Waals surface area contributed by atoms with E-state index in [9.17, 15) is 9.90 Å². The number of carboxylic acids is 1. The molecule has 2 N–H and O–H groups in total. The highest BCUT2D eigenvalue weighted by molar-refractivity contribution is 5.95. The lowest BCUT2D eigenvalue weighted by atomic mass is 10.1. The first-order chi connectivity index (χ1) is 12.6. The van der Waals surface area contributed by atoms with Gasteiger partial charge in [-0.05, 0) is 49.7 Å². The Hall–Kier alpha value is -3.34. The number of hydrogen-bond donors (Lipinski definition) is 2. The number of carbonyl (C=O) groups is 1. The summed E-state index contributed by atoms with van der Waals surface area (Å²) in [4.78, 5) is 15.9. The molecule has 0 saturated heterocycles. The zero-order valence-electron chi connectivity index (χ0n) is 14.7. The molecular formula is C21H20N2O3. The molecule has 1 heterocycles. The number of aromatic nitrogens is 1. The first-order valence-corrected chi connectivity index (χ1v) is 8.37. The van der Waals surface area contributed by atoms with Gasteiger partial charge in [0, 0.05) is 5.56 Å². The number of hydrogen-bond acceptors (Lipinski definition) is 4. The smallest absolute Gasteiger partial charge is 0.337 e. The zero-order valence-corrected chi connectivity index (χ0v) is 14.7. The average Bonchev–Trinajstić information content (AvgIpc) is 2.63. The van der Waals surface area contributed by atoms with Crippen molar-refractivity contribution in [2.75, 3.05) is 11.9 Å². The summed E-state index contributed by atoms with van der Waals surface area (Å²) in [6, 6.07) is 16.6. The van der Waals surface area contributed by atoms with E-state index in [0.29, 0.717) is 12.3 Å². The van der Waals surface area contributed by atoms with Crippen LogP contribution in [0.2, 0.25) is 0 Å². The van der Waals surface area contributed by atoms with Crippen LogP contribution in [0.4, 0.5) is 11.4 Å². The van der Waals surface area contributed by atoms with E-state index in [1.54, 1.807) is 30.5 Å². The standard InChI is InChI=1S/C21H20N2O3/c1-3-26-17-8-6-7-15(12-17)20-14(2)11-16(13-22-20)23-19-10-5-4-9-18(19)21(24)25/h4-13,23H,3H2,1-2H3,(H,24,25). The van der Waals surface area contributed by atoms with Crippen molar-refractivity contribution in [1.29, 1.82) is 0 Å². The number of nitrogens with zero attached hydrogens (tertiary/aromatic N) is 1. The Labute approximate surface area is 152 Å². The molecule has 3 rings (SSSR count). The van der Waals surface area contributed by atoms with Crippen LogP contribution in [0.15, 0.2) is 60.8 Å². The van der Waals surface area contributed by atoms with Gasteiger partial charge in [-0.15, -0.1) is 0 Å². The van der Waals surface area contributed by atoms with Crippen molar-refractivity contribution < 1.29 is 14.6 Å². The van der Waals surface area contributed by atoms with Gasteiger partial charge in [0.25, 0.3) is 0 Å². The molecule has 0 aliphatic rings. The monoisotopic (exact) mass is 348 g/mol. The summed E-state index contributed by atoms with van der Waals surface area (Å²) >= 11 is 0. The van der Waals surface area contributed by atoms with Gasteiger partial charge >= 0.3 is 5.97 Å². The SMILES string of the molecule is CCOc1cccc(-c2ncc(Nc3ccccc3C(=O)O)cc2C)c1. The minimum atomic E-state index is -0.970. The van der Waals surface area contributed by atoms with Gasteiger partial charge < -0.3 is 15.2 Å². The lowest BCUT2D eigenvalue weighted by Gasteiger charge is -2.12. The number of anilines is 2. The lowest BCUT2D eigenvalue weighted by molar-refractivity contribution is 0.0698. The molecule has 3 aromatic rings. The number of pyridine rings is 1. The van der Waals surface area contributed by atoms with Crippen LogP contribution in [0.5, 0.6) is 5.75 Å². The number of carboxylic acid groups (broad SMARTS) is 1. The van der Waals surface area contributed by atoms with Crippen LogP contribution in [0.1, 0.15) is 22.8 Å². The first-order valence-electron chi connectivity index (χ1n) is 8.37. The maximum Gasteiger partial charge on any atom is 0.337 e. The number of para-hydroxylation sites is 1. The summed E-state index contributed by atoms with van der Waals surface area (Å²) < 4.78 is 5.55. The van der Waals surface area contributed by atoms with E-state index in [2.05, 4.69) is 10.3 Å². The van der Waals surface area contributed by atoms with E-state index in [1.807, 2.05) is 44.2 Å². The second-order valence-corrected chi connectivity index (χ2v) is 5.83. The lowest BCUT2D eigenvalue weighted by Crippen LogP contribution is -2.03. The van der Waals surface area contributed by atoms with Gasteiger partial charge in [0.15, 0.2) is 0 Å². The van der Waals surface area contributed by atoms with Gasteiger partial charge in [-0.3, -0.25) is 4.98 Å². The molecule has 0 atom stereocenters. The van der Waals surface area contributed by atoms with E-state index in [4.69, 9.17) is 4.74 Å². The summed E-state index contributed by atoms with van der Waals surface area (Å²) in [7, 11) is 0. The number of rotatable bonds is 6. The first kappa shape index (κ1) is 17.5. The topological polar surface area (TPSA) is 71.5 Å². The molecule has 0 amide bonds. The summed E-state index contributed by atoms with van der Waals surface area (Å²) in [6.07, 6.45) is 1.70. The second kappa shape index (κ2) is 7.70. The van der Waals surface area contributed by atoms with Crippen LogP contribution in [-0.2, 0) is 0 Å². The quantitative estimate of drug-likeness (QED) is 0.663. The molecule has 0 bridgehead atoms. The summed E-state index contributed by atoms with van der Waals surface area (Å²) in [5, 5.41) is 12.4. The molecule has 2 aromatic carbocycles. The fourth-order valence-electron chi connectivity index (χ4n) is 2.78. The Bertz CT molecular complexity index is 938. The number of nitrogens with one attached hydrogen (secondary N) is 1. The highest BCUT2D eigenvalue weighted by Crippen LogP contribution is 2.28. The van der Waals surface area contributed by atoms with Gasteiger partial charge in [-0.25, -0.2) is 4.79 Å². The van der Waals surface area contributed by atoms with Gasteiger partial charge in [-0.2, -0.15) is 0 Å². The number of aromatic carboxylic acids is 1. The van der Waals surface area contributed by atoms with E-state index in [-0.39, 0.29) is 5.56 Å². The molecule has 5 heteroatoms. The van der Waals surface area contributed by atoms with E-state index >= 15 is 0 Å². The third-order valence-electron chi connectivity index (χ3n) is 3.93. The normalized spacial score (nSPS) is 10.4. The summed E-state index contributed by atoms with van der Waals surface area (Å²) in [5.41, 5.74) is 4.32. The molecule has 1 aromatic heterocycles. The van der Waals surface area contributed by atoms with Gasteiger partial charge in [-0.1, -0.05) is 24.3 Å². The zero-order chi connectivity index (χ0) is 18.5. The maximum absolute atomic E-state index is 11.3. The third-order valence-corrected chi connectivity index (χ3v) is 3.93. The molecule has 0 radical (unpaired) electrons. The molecular weight excluding hydrogens is 328 g/mol. The molecule has 5 nitrogen and oxygen atoms in total. The third kappa shape index (κ3) is 3.83. The number of aryl methyl sites for hydroxylation is 1. The highest BCUT2D eigenvalue weighted by atomic mass is 16.5. The van der Waals surface area contributed by atoms with E-state index in [0.717, 1.165) is 28.3 Å². The number of benzene rings is 2. The second-order valence-electron chi connectivity index (χ2n) is 5.83. The molecule has 0 saturated carbocycles. The Morgan fingerprint density at radius 3 is 2.69 bits per heavy atom. The average molecular weight is 348 g/mol. The van der Waals surface area contributed by atoms with Crippen molar-refractivity contribution in [2.45, 2.75) is 13.8 Å². The minimum Gasteiger partial charge on any atom is -0.494 e. The summed E-state index contributed by atoms with van der Waals surface area (Å²) in [6.45, 7) is 4.54. The predicted octanol–water partition coefficient (Wildman–Crippen LogP) is 4.90. The van der Waals surface area contributed by atoms with Crippen LogP contribution in [0.3, 0.4) is 0 Å². The Kier molecular flexibility index (Phi) is 5.17. The van der Waals surface area contributed by atoms with Crippen molar-refractivity contribution in [3.05, 3.63) is 71.9 Å². The minimum absolute atomic E-state index is 0.221. The van der Waals surface area contributed by atoms with Crippen molar-refractivity contribution in [3.63, 3.8) is 0 Å². The van der Waals surface area contributed by atoms with Gasteiger partial charge in [0.05, 0.1) is 35.4 Å². The molecule has 132 valence electrons.